The fraction of sp³-hybridized carbons (Fsp3) is 0.318. The van der Waals surface area contributed by atoms with Crippen molar-refractivity contribution >= 4 is 11.7 Å². The zero-order valence-corrected chi connectivity index (χ0v) is 16.9. The Kier molecular flexibility index (Phi) is 5.20. The lowest BCUT2D eigenvalue weighted by atomic mass is 10.1. The summed E-state index contributed by atoms with van der Waals surface area (Å²) in [5.41, 5.74) is 2.89. The maximum atomic E-state index is 12.8. The van der Waals surface area contributed by atoms with E-state index in [0.29, 0.717) is 36.3 Å². The van der Waals surface area contributed by atoms with Crippen molar-refractivity contribution in [1.82, 2.24) is 19.4 Å². The van der Waals surface area contributed by atoms with Gasteiger partial charge in [-0.15, -0.1) is 0 Å². The van der Waals surface area contributed by atoms with E-state index in [2.05, 4.69) is 35.8 Å². The van der Waals surface area contributed by atoms with Crippen LogP contribution in [0.25, 0.3) is 0 Å². The average Bonchev–Trinajstić information content (AvgIpc) is 3.05. The molecule has 7 nitrogen and oxygen atoms in total. The third kappa shape index (κ3) is 4.08. The number of carbonyl (C=O) groups excluding carboxylic acids is 1. The molecule has 1 aliphatic rings. The monoisotopic (exact) mass is 391 g/mol. The average molecular weight is 391 g/mol. The topological polar surface area (TPSA) is 72.3 Å². The zero-order valence-electron chi connectivity index (χ0n) is 16.9. The van der Waals surface area contributed by atoms with E-state index in [1.54, 1.807) is 23.2 Å². The first-order valence-electron chi connectivity index (χ1n) is 9.80. The second-order valence-electron chi connectivity index (χ2n) is 7.48. The summed E-state index contributed by atoms with van der Waals surface area (Å²) in [4.78, 5) is 23.5. The third-order valence-corrected chi connectivity index (χ3v) is 5.04. The molecule has 0 saturated heterocycles. The quantitative estimate of drug-likeness (QED) is 0.719. The molecule has 29 heavy (non-hydrogen) atoms. The standard InChI is InChI=1S/C22H25N5O2/c1-15(2)21-25-18-14-27(12-10-19(18)26(21)3)22(28)24-16-7-6-8-17(13-16)29-20-9-4-5-11-23-20/h4-9,11,13,15H,10,12,14H2,1-3H3,(H,24,28). The molecule has 7 heteroatoms. The molecule has 150 valence electrons. The van der Waals surface area contributed by atoms with E-state index in [9.17, 15) is 4.79 Å². The summed E-state index contributed by atoms with van der Waals surface area (Å²) in [6.07, 6.45) is 2.48. The van der Waals surface area contributed by atoms with Crippen molar-refractivity contribution < 1.29 is 9.53 Å². The van der Waals surface area contributed by atoms with Crippen molar-refractivity contribution in [2.75, 3.05) is 11.9 Å². The van der Waals surface area contributed by atoms with Gasteiger partial charge < -0.3 is 19.5 Å². The van der Waals surface area contributed by atoms with Gasteiger partial charge in [0.15, 0.2) is 0 Å². The maximum absolute atomic E-state index is 12.8. The van der Waals surface area contributed by atoms with Crippen molar-refractivity contribution in [1.29, 1.82) is 0 Å². The Morgan fingerprint density at radius 2 is 2.07 bits per heavy atom. The molecule has 2 aromatic heterocycles. The number of rotatable bonds is 4. The third-order valence-electron chi connectivity index (χ3n) is 5.04. The van der Waals surface area contributed by atoms with E-state index in [4.69, 9.17) is 9.72 Å². The number of hydrogen-bond donors (Lipinski definition) is 1. The first-order valence-corrected chi connectivity index (χ1v) is 9.80. The summed E-state index contributed by atoms with van der Waals surface area (Å²) in [6, 6.07) is 12.7. The number of nitrogens with zero attached hydrogens (tertiary/aromatic N) is 4. The van der Waals surface area contributed by atoms with Gasteiger partial charge in [0.2, 0.25) is 5.88 Å². The number of pyridine rings is 1. The Balaban J connectivity index is 1.44. The van der Waals surface area contributed by atoms with E-state index in [0.717, 1.165) is 17.9 Å². The van der Waals surface area contributed by atoms with Crippen LogP contribution in [0.5, 0.6) is 11.6 Å². The highest BCUT2D eigenvalue weighted by atomic mass is 16.5. The van der Waals surface area contributed by atoms with E-state index < -0.39 is 0 Å². The molecule has 0 saturated carbocycles. The smallest absolute Gasteiger partial charge is 0.322 e. The predicted octanol–water partition coefficient (Wildman–Crippen LogP) is 4.32. The van der Waals surface area contributed by atoms with Gasteiger partial charge in [-0.1, -0.05) is 26.0 Å². The summed E-state index contributed by atoms with van der Waals surface area (Å²) in [7, 11) is 2.06. The summed E-state index contributed by atoms with van der Waals surface area (Å²) < 4.78 is 7.92. The van der Waals surface area contributed by atoms with Crippen molar-refractivity contribution in [3.63, 3.8) is 0 Å². The largest absolute Gasteiger partial charge is 0.439 e. The van der Waals surface area contributed by atoms with Crippen LogP contribution in [-0.4, -0.2) is 32.0 Å². The Bertz CT molecular complexity index is 1010. The van der Waals surface area contributed by atoms with Gasteiger partial charge in [0.05, 0.1) is 12.2 Å². The highest BCUT2D eigenvalue weighted by molar-refractivity contribution is 5.89. The predicted molar refractivity (Wildman–Crippen MR) is 111 cm³/mol. The second kappa shape index (κ2) is 7.95. The molecule has 2 amide bonds. The number of amides is 2. The van der Waals surface area contributed by atoms with E-state index in [-0.39, 0.29) is 6.03 Å². The Labute approximate surface area is 170 Å². The number of urea groups is 1. The lowest BCUT2D eigenvalue weighted by Crippen LogP contribution is -2.39. The van der Waals surface area contributed by atoms with Crippen LogP contribution in [0, 0.1) is 0 Å². The minimum absolute atomic E-state index is 0.137. The molecular formula is C22H25N5O2. The number of carbonyl (C=O) groups is 1. The van der Waals surface area contributed by atoms with E-state index >= 15 is 0 Å². The second-order valence-corrected chi connectivity index (χ2v) is 7.48. The van der Waals surface area contributed by atoms with Crippen LogP contribution in [0.4, 0.5) is 10.5 Å². The summed E-state index contributed by atoms with van der Waals surface area (Å²) in [6.45, 7) is 5.46. The Morgan fingerprint density at radius 1 is 1.21 bits per heavy atom. The molecule has 0 spiro atoms. The SMILES string of the molecule is CC(C)c1nc2c(n1C)CCN(C(=O)Nc1cccc(Oc3ccccn3)c1)C2. The number of ether oxygens (including phenoxy) is 1. The molecule has 0 bridgehead atoms. The minimum Gasteiger partial charge on any atom is -0.439 e. The number of imidazole rings is 1. The number of hydrogen-bond acceptors (Lipinski definition) is 4. The molecule has 3 heterocycles. The van der Waals surface area contributed by atoms with Crippen LogP contribution < -0.4 is 10.1 Å². The van der Waals surface area contributed by atoms with Gasteiger partial charge in [-0.3, -0.25) is 0 Å². The highest BCUT2D eigenvalue weighted by Gasteiger charge is 2.26. The fourth-order valence-electron chi connectivity index (χ4n) is 3.61. The number of fused-ring (bicyclic) bond motifs is 1. The molecule has 3 aromatic rings. The van der Waals surface area contributed by atoms with Crippen molar-refractivity contribution in [2.45, 2.75) is 32.7 Å². The van der Waals surface area contributed by atoms with Gasteiger partial charge in [0.1, 0.15) is 11.6 Å². The van der Waals surface area contributed by atoms with Gasteiger partial charge in [-0.2, -0.15) is 0 Å². The maximum Gasteiger partial charge on any atom is 0.322 e. The first-order chi connectivity index (χ1) is 14.0. The van der Waals surface area contributed by atoms with Gasteiger partial charge >= 0.3 is 6.03 Å². The minimum atomic E-state index is -0.137. The lowest BCUT2D eigenvalue weighted by molar-refractivity contribution is 0.205. The van der Waals surface area contributed by atoms with Crippen LogP contribution >= 0.6 is 0 Å². The van der Waals surface area contributed by atoms with Crippen LogP contribution in [0.1, 0.15) is 37.0 Å². The van der Waals surface area contributed by atoms with E-state index in [1.165, 1.54) is 5.69 Å². The zero-order chi connectivity index (χ0) is 20.4. The van der Waals surface area contributed by atoms with Gasteiger partial charge in [0, 0.05) is 55.6 Å². The summed E-state index contributed by atoms with van der Waals surface area (Å²) >= 11 is 0. The number of aromatic nitrogens is 3. The van der Waals surface area contributed by atoms with Crippen molar-refractivity contribution in [3.8, 4) is 11.6 Å². The van der Waals surface area contributed by atoms with Crippen LogP contribution in [0.3, 0.4) is 0 Å². The summed E-state index contributed by atoms with van der Waals surface area (Å²) in [5.74, 6) is 2.55. The van der Waals surface area contributed by atoms with Crippen molar-refractivity contribution in [2.24, 2.45) is 7.05 Å². The molecule has 4 rings (SSSR count). The fourth-order valence-corrected chi connectivity index (χ4v) is 3.61. The molecule has 0 radical (unpaired) electrons. The van der Waals surface area contributed by atoms with Crippen LogP contribution in [-0.2, 0) is 20.0 Å². The van der Waals surface area contributed by atoms with Crippen LogP contribution in [0.2, 0.25) is 0 Å². The molecule has 0 aliphatic carbocycles. The van der Waals surface area contributed by atoms with Crippen molar-refractivity contribution in [3.05, 3.63) is 65.9 Å². The summed E-state index contributed by atoms with van der Waals surface area (Å²) in [5, 5.41) is 2.96. The molecule has 0 fully saturated rings. The van der Waals surface area contributed by atoms with E-state index in [1.807, 2.05) is 30.3 Å². The lowest BCUT2D eigenvalue weighted by Gasteiger charge is -2.27. The Hall–Kier alpha value is -3.35. The molecule has 1 N–H and O–H groups in total. The number of anilines is 1. The van der Waals surface area contributed by atoms with Gasteiger partial charge in [-0.05, 0) is 18.2 Å². The van der Waals surface area contributed by atoms with Gasteiger partial charge in [-0.25, -0.2) is 14.8 Å². The molecule has 1 aliphatic heterocycles. The number of nitrogens with one attached hydrogen (secondary N) is 1. The molecule has 1 aromatic carbocycles. The van der Waals surface area contributed by atoms with Gasteiger partial charge in [0.25, 0.3) is 0 Å². The molecule has 0 atom stereocenters. The number of benzene rings is 1. The highest BCUT2D eigenvalue weighted by Crippen LogP contribution is 2.25. The molecule has 0 unspecified atom stereocenters. The normalized spacial score (nSPS) is 13.3. The van der Waals surface area contributed by atoms with Crippen LogP contribution in [0.15, 0.2) is 48.7 Å². The Morgan fingerprint density at radius 3 is 2.83 bits per heavy atom. The first kappa shape index (κ1) is 19.0. The molecular weight excluding hydrogens is 366 g/mol.